The van der Waals surface area contributed by atoms with Gasteiger partial charge in [-0.2, -0.15) is 0 Å². The van der Waals surface area contributed by atoms with Crippen molar-refractivity contribution in [3.8, 4) is 0 Å². The maximum Gasteiger partial charge on any atom is 0.220 e. The Kier molecular flexibility index (Phi) is 1.88. The Morgan fingerprint density at radius 1 is 1.38 bits per heavy atom. The predicted octanol–water partition coefficient (Wildman–Crippen LogP) is 2.11. The van der Waals surface area contributed by atoms with Gasteiger partial charge in [-0.25, -0.2) is 14.4 Å². The van der Waals surface area contributed by atoms with Gasteiger partial charge in [0.25, 0.3) is 0 Å². The van der Waals surface area contributed by atoms with Crippen molar-refractivity contribution in [3.05, 3.63) is 28.6 Å². The fourth-order valence-corrected chi connectivity index (χ4v) is 1.50. The monoisotopic (exact) mass is 241 g/mol. The van der Waals surface area contributed by atoms with Crippen LogP contribution in [0.2, 0.25) is 0 Å². The van der Waals surface area contributed by atoms with E-state index in [1.165, 1.54) is 6.07 Å². The van der Waals surface area contributed by atoms with E-state index >= 15 is 0 Å². The molecule has 0 spiro atoms. The maximum absolute atomic E-state index is 13.0. The molecule has 0 unspecified atom stereocenters. The molecule has 13 heavy (non-hydrogen) atoms. The molecule has 1 heterocycles. The van der Waals surface area contributed by atoms with Crippen LogP contribution in [0, 0.1) is 5.82 Å². The summed E-state index contributed by atoms with van der Waals surface area (Å²) < 4.78 is 13.4. The Hall–Kier alpha value is -1.23. The molecule has 2 aromatic rings. The van der Waals surface area contributed by atoms with Crippen LogP contribution in [0.1, 0.15) is 0 Å². The molecule has 0 aliphatic heterocycles. The third kappa shape index (κ3) is 1.35. The number of benzene rings is 1. The van der Waals surface area contributed by atoms with Crippen LogP contribution in [0.3, 0.4) is 0 Å². The molecule has 2 rings (SSSR count). The van der Waals surface area contributed by atoms with E-state index in [0.717, 1.165) is 5.39 Å². The molecule has 5 heteroatoms. The molecule has 0 aliphatic rings. The first-order chi connectivity index (χ1) is 6.18. The van der Waals surface area contributed by atoms with Crippen molar-refractivity contribution < 1.29 is 4.39 Å². The highest BCUT2D eigenvalue weighted by molar-refractivity contribution is 9.10. The molecule has 2 N–H and O–H groups in total. The third-order valence-electron chi connectivity index (χ3n) is 1.66. The second kappa shape index (κ2) is 2.92. The molecule has 1 aromatic heterocycles. The number of rotatable bonds is 0. The van der Waals surface area contributed by atoms with Crippen LogP contribution in [0.15, 0.2) is 22.8 Å². The van der Waals surface area contributed by atoms with E-state index in [2.05, 4.69) is 25.9 Å². The summed E-state index contributed by atoms with van der Waals surface area (Å²) >= 11 is 3.09. The summed E-state index contributed by atoms with van der Waals surface area (Å²) in [5.41, 5.74) is 5.87. The lowest BCUT2D eigenvalue weighted by molar-refractivity contribution is 0.623. The van der Waals surface area contributed by atoms with Gasteiger partial charge in [0.05, 0.1) is 9.99 Å². The summed E-state index contributed by atoms with van der Waals surface area (Å²) in [6.07, 6.45) is 1.56. The number of fused-ring (bicyclic) bond motifs is 1. The summed E-state index contributed by atoms with van der Waals surface area (Å²) in [7, 11) is 0. The van der Waals surface area contributed by atoms with Crippen LogP contribution >= 0.6 is 15.9 Å². The van der Waals surface area contributed by atoms with Crippen molar-refractivity contribution in [3.63, 3.8) is 0 Å². The van der Waals surface area contributed by atoms with Crippen LogP contribution in [-0.2, 0) is 0 Å². The molecule has 0 amide bonds. The van der Waals surface area contributed by atoms with E-state index in [1.54, 1.807) is 12.3 Å². The average molecular weight is 242 g/mol. The Labute approximate surface area is 81.9 Å². The quantitative estimate of drug-likeness (QED) is 0.769. The SMILES string of the molecule is Nc1ncc2ccc(F)c(Br)c2n1. The minimum Gasteiger partial charge on any atom is -0.368 e. The van der Waals surface area contributed by atoms with Gasteiger partial charge in [-0.1, -0.05) is 0 Å². The van der Waals surface area contributed by atoms with Gasteiger partial charge in [0, 0.05) is 11.6 Å². The lowest BCUT2D eigenvalue weighted by Crippen LogP contribution is -1.95. The zero-order valence-electron chi connectivity index (χ0n) is 6.46. The molecule has 0 saturated carbocycles. The van der Waals surface area contributed by atoms with E-state index in [4.69, 9.17) is 5.73 Å². The Bertz CT molecular complexity index is 467. The number of halogens is 2. The lowest BCUT2D eigenvalue weighted by atomic mass is 10.2. The molecule has 0 bridgehead atoms. The average Bonchev–Trinajstić information content (AvgIpc) is 2.12. The molecule has 0 saturated heterocycles. The van der Waals surface area contributed by atoms with Crippen molar-refractivity contribution in [1.29, 1.82) is 0 Å². The summed E-state index contributed by atoms with van der Waals surface area (Å²) in [5, 5.41) is 0.752. The topological polar surface area (TPSA) is 51.8 Å². The highest BCUT2D eigenvalue weighted by atomic mass is 79.9. The Morgan fingerprint density at radius 3 is 2.92 bits per heavy atom. The molecule has 1 aromatic carbocycles. The summed E-state index contributed by atoms with van der Waals surface area (Å²) in [5.74, 6) is -0.218. The van der Waals surface area contributed by atoms with Gasteiger partial charge in [0.1, 0.15) is 5.82 Å². The first kappa shape index (κ1) is 8.37. The number of aromatic nitrogens is 2. The minimum absolute atomic E-state index is 0.138. The van der Waals surface area contributed by atoms with Gasteiger partial charge in [-0.3, -0.25) is 0 Å². The van der Waals surface area contributed by atoms with E-state index in [1.807, 2.05) is 0 Å². The van der Waals surface area contributed by atoms with E-state index in [0.29, 0.717) is 9.99 Å². The summed E-state index contributed by atoms with van der Waals surface area (Å²) in [6.45, 7) is 0. The largest absolute Gasteiger partial charge is 0.368 e. The van der Waals surface area contributed by atoms with Crippen LogP contribution in [-0.4, -0.2) is 9.97 Å². The molecule has 66 valence electrons. The fourth-order valence-electron chi connectivity index (χ4n) is 1.05. The first-order valence-electron chi connectivity index (χ1n) is 3.55. The zero-order valence-corrected chi connectivity index (χ0v) is 8.05. The van der Waals surface area contributed by atoms with Gasteiger partial charge < -0.3 is 5.73 Å². The molecule has 0 aliphatic carbocycles. The van der Waals surface area contributed by atoms with Crippen molar-refractivity contribution in [1.82, 2.24) is 9.97 Å². The summed E-state index contributed by atoms with van der Waals surface area (Å²) in [4.78, 5) is 7.72. The van der Waals surface area contributed by atoms with Crippen LogP contribution < -0.4 is 5.73 Å². The highest BCUT2D eigenvalue weighted by Gasteiger charge is 2.06. The maximum atomic E-state index is 13.0. The number of hydrogen-bond acceptors (Lipinski definition) is 3. The number of nitrogen functional groups attached to an aromatic ring is 1. The van der Waals surface area contributed by atoms with Crippen LogP contribution in [0.5, 0.6) is 0 Å². The van der Waals surface area contributed by atoms with Gasteiger partial charge in [0.2, 0.25) is 5.95 Å². The number of nitrogens with zero attached hydrogens (tertiary/aromatic N) is 2. The molecule has 3 nitrogen and oxygen atoms in total. The lowest BCUT2D eigenvalue weighted by Gasteiger charge is -2.00. The normalized spacial score (nSPS) is 10.6. The van der Waals surface area contributed by atoms with E-state index < -0.39 is 0 Å². The van der Waals surface area contributed by atoms with Gasteiger partial charge >= 0.3 is 0 Å². The second-order valence-electron chi connectivity index (χ2n) is 2.53. The molecule has 0 fully saturated rings. The number of anilines is 1. The van der Waals surface area contributed by atoms with Gasteiger partial charge in [0.15, 0.2) is 0 Å². The number of hydrogen-bond donors (Lipinski definition) is 1. The zero-order chi connectivity index (χ0) is 9.42. The van der Waals surface area contributed by atoms with Crippen molar-refractivity contribution in [2.45, 2.75) is 0 Å². The fraction of sp³-hybridized carbons (Fsp3) is 0. The minimum atomic E-state index is -0.356. The molecule has 0 atom stereocenters. The molecular formula is C8H5BrFN3. The molecule has 0 radical (unpaired) electrons. The third-order valence-corrected chi connectivity index (χ3v) is 2.42. The first-order valence-corrected chi connectivity index (χ1v) is 4.34. The van der Waals surface area contributed by atoms with Crippen molar-refractivity contribution in [2.75, 3.05) is 5.73 Å². The predicted molar refractivity (Wildman–Crippen MR) is 51.6 cm³/mol. The Morgan fingerprint density at radius 2 is 2.15 bits per heavy atom. The van der Waals surface area contributed by atoms with Gasteiger partial charge in [-0.15, -0.1) is 0 Å². The number of nitrogens with two attached hydrogens (primary N) is 1. The smallest absolute Gasteiger partial charge is 0.220 e. The van der Waals surface area contributed by atoms with Crippen molar-refractivity contribution in [2.24, 2.45) is 0 Å². The summed E-state index contributed by atoms with van der Waals surface area (Å²) in [6, 6.07) is 2.96. The van der Waals surface area contributed by atoms with Crippen LogP contribution in [0.25, 0.3) is 10.9 Å². The highest BCUT2D eigenvalue weighted by Crippen LogP contribution is 2.24. The van der Waals surface area contributed by atoms with Crippen LogP contribution in [0.4, 0.5) is 10.3 Å². The van der Waals surface area contributed by atoms with Gasteiger partial charge in [-0.05, 0) is 28.1 Å². The molecular weight excluding hydrogens is 237 g/mol. The van der Waals surface area contributed by atoms with E-state index in [9.17, 15) is 4.39 Å². The van der Waals surface area contributed by atoms with E-state index in [-0.39, 0.29) is 11.8 Å². The van der Waals surface area contributed by atoms with Crippen molar-refractivity contribution >= 4 is 32.8 Å². The standard InChI is InChI=1S/C8H5BrFN3/c9-6-5(10)2-1-4-3-12-8(11)13-7(4)6/h1-3H,(H2,11,12,13). The Balaban J connectivity index is 2.89. The second-order valence-corrected chi connectivity index (χ2v) is 3.32.